The van der Waals surface area contributed by atoms with Gasteiger partial charge in [-0.3, -0.25) is 0 Å². The molecular formula is C14H22FNO. The van der Waals surface area contributed by atoms with Gasteiger partial charge in [-0.05, 0) is 37.5 Å². The maximum Gasteiger partial charge on any atom is 0.126 e. The summed E-state index contributed by atoms with van der Waals surface area (Å²) < 4.78 is 13.5. The largest absolute Gasteiger partial charge is 0.389 e. The molecule has 0 saturated heterocycles. The van der Waals surface area contributed by atoms with Crippen molar-refractivity contribution in [2.75, 3.05) is 18.5 Å². The van der Waals surface area contributed by atoms with Crippen LogP contribution in [0, 0.1) is 18.7 Å². The second-order valence-corrected chi connectivity index (χ2v) is 5.11. The van der Waals surface area contributed by atoms with Crippen LogP contribution in [0.2, 0.25) is 0 Å². The van der Waals surface area contributed by atoms with Crippen molar-refractivity contribution in [3.8, 4) is 0 Å². The summed E-state index contributed by atoms with van der Waals surface area (Å²) in [5.74, 6) is 0.259. The predicted octanol–water partition coefficient (Wildman–Crippen LogP) is 3.28. The molecule has 0 radical (unpaired) electrons. The highest BCUT2D eigenvalue weighted by molar-refractivity contribution is 5.56. The van der Waals surface area contributed by atoms with Crippen LogP contribution in [0.15, 0.2) is 12.1 Å². The molecule has 0 aliphatic rings. The van der Waals surface area contributed by atoms with Crippen molar-refractivity contribution >= 4 is 5.69 Å². The fourth-order valence-electron chi connectivity index (χ4n) is 1.99. The van der Waals surface area contributed by atoms with Gasteiger partial charge in [0.1, 0.15) is 5.82 Å². The first kappa shape index (κ1) is 14.0. The molecule has 0 amide bonds. The fraction of sp³-hybridized carbons (Fsp3) is 0.571. The molecule has 17 heavy (non-hydrogen) atoms. The molecule has 2 nitrogen and oxygen atoms in total. The van der Waals surface area contributed by atoms with Gasteiger partial charge in [0, 0.05) is 24.8 Å². The van der Waals surface area contributed by atoms with Gasteiger partial charge in [0.2, 0.25) is 0 Å². The van der Waals surface area contributed by atoms with E-state index in [-0.39, 0.29) is 5.82 Å². The van der Waals surface area contributed by atoms with Gasteiger partial charge < -0.3 is 10.0 Å². The molecule has 3 heteroatoms. The summed E-state index contributed by atoms with van der Waals surface area (Å²) in [6, 6.07) is 3.24. The number of hydrogen-bond donors (Lipinski definition) is 1. The lowest BCUT2D eigenvalue weighted by atomic mass is 10.0. The normalized spacial score (nSPS) is 12.9. The Labute approximate surface area is 103 Å². The van der Waals surface area contributed by atoms with E-state index in [0.717, 1.165) is 12.2 Å². The Balaban J connectivity index is 3.16. The second kappa shape index (κ2) is 5.50. The zero-order valence-electron chi connectivity index (χ0n) is 11.3. The second-order valence-electron chi connectivity index (χ2n) is 5.11. The van der Waals surface area contributed by atoms with Crippen LogP contribution in [0.4, 0.5) is 10.1 Å². The highest BCUT2D eigenvalue weighted by atomic mass is 19.1. The van der Waals surface area contributed by atoms with Crippen molar-refractivity contribution in [3.05, 3.63) is 29.1 Å². The molecule has 96 valence electrons. The zero-order valence-corrected chi connectivity index (χ0v) is 11.3. The number of aliphatic hydroxyl groups is 1. The van der Waals surface area contributed by atoms with Crippen LogP contribution in [-0.4, -0.2) is 18.7 Å². The molecule has 0 bridgehead atoms. The van der Waals surface area contributed by atoms with E-state index in [2.05, 4.69) is 18.7 Å². The van der Waals surface area contributed by atoms with E-state index in [4.69, 9.17) is 0 Å². The number of anilines is 1. The van der Waals surface area contributed by atoms with E-state index in [9.17, 15) is 9.50 Å². The van der Waals surface area contributed by atoms with Crippen molar-refractivity contribution in [1.29, 1.82) is 0 Å². The van der Waals surface area contributed by atoms with E-state index in [1.54, 1.807) is 19.9 Å². The van der Waals surface area contributed by atoms with Crippen LogP contribution in [0.25, 0.3) is 0 Å². The number of aliphatic hydroxyl groups excluding tert-OH is 1. The highest BCUT2D eigenvalue weighted by Crippen LogP contribution is 2.29. The molecule has 0 aliphatic heterocycles. The van der Waals surface area contributed by atoms with Crippen molar-refractivity contribution in [3.63, 3.8) is 0 Å². The van der Waals surface area contributed by atoms with Crippen LogP contribution in [0.1, 0.15) is 38.0 Å². The summed E-state index contributed by atoms with van der Waals surface area (Å²) in [7, 11) is 1.97. The maximum absolute atomic E-state index is 13.5. The molecule has 0 fully saturated rings. The van der Waals surface area contributed by atoms with Gasteiger partial charge in [-0.15, -0.1) is 0 Å². The van der Waals surface area contributed by atoms with Crippen LogP contribution < -0.4 is 4.90 Å². The van der Waals surface area contributed by atoms with Gasteiger partial charge in [-0.1, -0.05) is 13.8 Å². The molecule has 1 aromatic rings. The average Bonchev–Trinajstić information content (AvgIpc) is 2.19. The standard InChI is InChI=1S/C14H22FNO/c1-9(2)8-16(5)14-6-10(3)13(15)7-12(14)11(4)17/h6-7,9,11,17H,8H2,1-5H3/t11-/m0/s1. The Hall–Kier alpha value is -1.09. The minimum Gasteiger partial charge on any atom is -0.389 e. The van der Waals surface area contributed by atoms with Gasteiger partial charge in [-0.25, -0.2) is 4.39 Å². The molecule has 1 N–H and O–H groups in total. The molecule has 0 heterocycles. The Morgan fingerprint density at radius 2 is 1.88 bits per heavy atom. The Morgan fingerprint density at radius 3 is 2.35 bits per heavy atom. The lowest BCUT2D eigenvalue weighted by Crippen LogP contribution is -2.24. The first-order valence-corrected chi connectivity index (χ1v) is 6.02. The highest BCUT2D eigenvalue weighted by Gasteiger charge is 2.15. The van der Waals surface area contributed by atoms with Gasteiger partial charge in [0.15, 0.2) is 0 Å². The molecule has 0 spiro atoms. The topological polar surface area (TPSA) is 23.5 Å². The number of rotatable bonds is 4. The van der Waals surface area contributed by atoms with E-state index in [1.165, 1.54) is 6.07 Å². The van der Waals surface area contributed by atoms with Crippen molar-refractivity contribution in [2.45, 2.75) is 33.8 Å². The summed E-state index contributed by atoms with van der Waals surface area (Å²) in [6.07, 6.45) is -0.658. The lowest BCUT2D eigenvalue weighted by Gasteiger charge is -2.26. The van der Waals surface area contributed by atoms with E-state index >= 15 is 0 Å². The third-order valence-electron chi connectivity index (χ3n) is 2.81. The molecule has 1 atom stereocenters. The Morgan fingerprint density at radius 1 is 1.29 bits per heavy atom. The van der Waals surface area contributed by atoms with Crippen LogP contribution >= 0.6 is 0 Å². The smallest absolute Gasteiger partial charge is 0.126 e. The Kier molecular flexibility index (Phi) is 4.52. The van der Waals surface area contributed by atoms with Crippen LogP contribution in [0.5, 0.6) is 0 Å². The fourth-order valence-corrected chi connectivity index (χ4v) is 1.99. The average molecular weight is 239 g/mol. The third kappa shape index (κ3) is 3.43. The van der Waals surface area contributed by atoms with Gasteiger partial charge in [0.05, 0.1) is 6.10 Å². The molecule has 1 rings (SSSR count). The van der Waals surface area contributed by atoms with Gasteiger partial charge >= 0.3 is 0 Å². The van der Waals surface area contributed by atoms with Crippen LogP contribution in [-0.2, 0) is 0 Å². The molecular weight excluding hydrogens is 217 g/mol. The summed E-state index contributed by atoms with van der Waals surface area (Å²) >= 11 is 0. The quantitative estimate of drug-likeness (QED) is 0.871. The first-order chi connectivity index (χ1) is 7.82. The molecule has 1 aromatic carbocycles. The van der Waals surface area contributed by atoms with Crippen molar-refractivity contribution in [1.82, 2.24) is 0 Å². The number of nitrogens with zero attached hydrogens (tertiary/aromatic N) is 1. The Bertz CT molecular complexity index is 388. The van der Waals surface area contributed by atoms with Crippen LogP contribution in [0.3, 0.4) is 0 Å². The first-order valence-electron chi connectivity index (χ1n) is 6.02. The summed E-state index contributed by atoms with van der Waals surface area (Å²) in [5.41, 5.74) is 2.17. The van der Waals surface area contributed by atoms with Gasteiger partial charge in [0.25, 0.3) is 0 Å². The lowest BCUT2D eigenvalue weighted by molar-refractivity contribution is 0.199. The minimum absolute atomic E-state index is 0.261. The molecule has 0 aromatic heterocycles. The summed E-state index contributed by atoms with van der Waals surface area (Å²) in [6.45, 7) is 8.55. The SMILES string of the molecule is Cc1cc(N(C)CC(C)C)c([C@H](C)O)cc1F. The third-order valence-corrected chi connectivity index (χ3v) is 2.81. The number of hydrogen-bond acceptors (Lipinski definition) is 2. The maximum atomic E-state index is 13.5. The summed E-state index contributed by atoms with van der Waals surface area (Å²) in [4.78, 5) is 2.07. The van der Waals surface area contributed by atoms with E-state index < -0.39 is 6.10 Å². The van der Waals surface area contributed by atoms with E-state index in [0.29, 0.717) is 17.0 Å². The zero-order chi connectivity index (χ0) is 13.2. The number of halogens is 1. The van der Waals surface area contributed by atoms with Gasteiger partial charge in [-0.2, -0.15) is 0 Å². The molecule has 0 saturated carbocycles. The summed E-state index contributed by atoms with van der Waals surface area (Å²) in [5, 5.41) is 9.71. The van der Waals surface area contributed by atoms with E-state index in [1.807, 2.05) is 7.05 Å². The molecule has 0 unspecified atom stereocenters. The van der Waals surface area contributed by atoms with Crippen molar-refractivity contribution in [2.24, 2.45) is 5.92 Å². The predicted molar refractivity (Wildman–Crippen MR) is 69.9 cm³/mol. The molecule has 0 aliphatic carbocycles. The number of aryl methyl sites for hydroxylation is 1. The monoisotopic (exact) mass is 239 g/mol. The number of benzene rings is 1. The van der Waals surface area contributed by atoms with Crippen molar-refractivity contribution < 1.29 is 9.50 Å². The minimum atomic E-state index is -0.658.